The molecule has 2 aromatic rings. The van der Waals surface area contributed by atoms with Crippen LogP contribution in [0.15, 0.2) is 30.5 Å². The van der Waals surface area contributed by atoms with Gasteiger partial charge in [-0.25, -0.2) is 4.98 Å². The molecule has 0 amide bonds. The first-order valence-corrected chi connectivity index (χ1v) is 8.93. The zero-order valence-electron chi connectivity index (χ0n) is 13.1. The Bertz CT molecular complexity index is 751. The second kappa shape index (κ2) is 6.58. The average Bonchev–Trinajstić information content (AvgIpc) is 2.47. The molecule has 0 spiro atoms. The molecule has 3 heterocycles. The molecule has 0 bridgehead atoms. The SMILES string of the molecule is Cc1ccc(CC(=O)c2cc(OC3CS(=O)C3)cc(C)n2)nc1. The van der Waals surface area contributed by atoms with E-state index >= 15 is 0 Å². The Kier molecular flexibility index (Phi) is 4.52. The summed E-state index contributed by atoms with van der Waals surface area (Å²) in [4.78, 5) is 21.0. The zero-order chi connectivity index (χ0) is 16.4. The molecule has 1 saturated heterocycles. The van der Waals surface area contributed by atoms with Gasteiger partial charge in [0.1, 0.15) is 17.5 Å². The summed E-state index contributed by atoms with van der Waals surface area (Å²) in [5.74, 6) is 1.63. The maximum absolute atomic E-state index is 12.4. The Hall–Kier alpha value is -2.08. The molecule has 6 heteroatoms. The van der Waals surface area contributed by atoms with Crippen molar-refractivity contribution in [2.75, 3.05) is 11.5 Å². The fourth-order valence-corrected chi connectivity index (χ4v) is 3.20. The van der Waals surface area contributed by atoms with Gasteiger partial charge in [0.2, 0.25) is 0 Å². The van der Waals surface area contributed by atoms with Crippen molar-refractivity contribution in [2.45, 2.75) is 26.4 Å². The summed E-state index contributed by atoms with van der Waals surface area (Å²) in [5, 5.41) is 0. The predicted molar refractivity (Wildman–Crippen MR) is 88.3 cm³/mol. The molecule has 1 aliphatic rings. The topological polar surface area (TPSA) is 69.2 Å². The zero-order valence-corrected chi connectivity index (χ0v) is 13.9. The van der Waals surface area contributed by atoms with E-state index in [-0.39, 0.29) is 18.3 Å². The van der Waals surface area contributed by atoms with Crippen molar-refractivity contribution >= 4 is 16.6 Å². The summed E-state index contributed by atoms with van der Waals surface area (Å²) >= 11 is 0. The first-order chi connectivity index (χ1) is 11.0. The minimum atomic E-state index is -0.760. The molecule has 0 N–H and O–H groups in total. The van der Waals surface area contributed by atoms with Crippen molar-refractivity contribution in [1.82, 2.24) is 9.97 Å². The molecule has 0 atom stereocenters. The van der Waals surface area contributed by atoms with E-state index < -0.39 is 10.8 Å². The van der Waals surface area contributed by atoms with Crippen molar-refractivity contribution in [2.24, 2.45) is 0 Å². The number of carbonyl (C=O) groups is 1. The van der Waals surface area contributed by atoms with Crippen molar-refractivity contribution in [3.05, 3.63) is 53.1 Å². The van der Waals surface area contributed by atoms with E-state index in [0.29, 0.717) is 22.9 Å². The fourth-order valence-electron chi connectivity index (χ4n) is 2.33. The summed E-state index contributed by atoms with van der Waals surface area (Å²) < 4.78 is 16.9. The first kappa shape index (κ1) is 15.8. The Morgan fingerprint density at radius 1 is 1.30 bits per heavy atom. The minimum Gasteiger partial charge on any atom is -0.488 e. The maximum atomic E-state index is 12.4. The lowest BCUT2D eigenvalue weighted by molar-refractivity contribution is 0.0986. The van der Waals surface area contributed by atoms with Crippen LogP contribution in [-0.4, -0.2) is 37.6 Å². The van der Waals surface area contributed by atoms with Crippen LogP contribution in [0, 0.1) is 13.8 Å². The number of aryl methyl sites for hydroxylation is 2. The Balaban J connectivity index is 1.73. The molecule has 0 unspecified atom stereocenters. The lowest BCUT2D eigenvalue weighted by Gasteiger charge is -2.26. The van der Waals surface area contributed by atoms with Crippen LogP contribution in [0.4, 0.5) is 0 Å². The molecular formula is C17H18N2O3S. The lowest BCUT2D eigenvalue weighted by Crippen LogP contribution is -2.41. The van der Waals surface area contributed by atoms with Crippen molar-refractivity contribution in [1.29, 1.82) is 0 Å². The van der Waals surface area contributed by atoms with Gasteiger partial charge in [-0.3, -0.25) is 14.0 Å². The third-order valence-electron chi connectivity index (χ3n) is 3.57. The quantitative estimate of drug-likeness (QED) is 0.785. The molecule has 120 valence electrons. The van der Waals surface area contributed by atoms with E-state index in [4.69, 9.17) is 4.74 Å². The number of Topliss-reactive ketones (excluding diaryl/α,β-unsaturated/α-hetero) is 1. The summed E-state index contributed by atoms with van der Waals surface area (Å²) in [6.45, 7) is 3.78. The van der Waals surface area contributed by atoms with Gasteiger partial charge < -0.3 is 4.74 Å². The van der Waals surface area contributed by atoms with Gasteiger partial charge in [-0.2, -0.15) is 0 Å². The largest absolute Gasteiger partial charge is 0.488 e. The number of pyridine rings is 2. The number of carbonyl (C=O) groups excluding carboxylic acids is 1. The van der Waals surface area contributed by atoms with Gasteiger partial charge in [-0.05, 0) is 25.5 Å². The number of ether oxygens (including phenoxy) is 1. The van der Waals surface area contributed by atoms with Crippen molar-refractivity contribution in [3.8, 4) is 5.75 Å². The predicted octanol–water partition coefficient (Wildman–Crippen LogP) is 2.03. The van der Waals surface area contributed by atoms with Gasteiger partial charge in [0.25, 0.3) is 0 Å². The normalized spacial score (nSPS) is 19.9. The second-order valence-corrected chi connectivity index (χ2v) is 7.32. The number of aromatic nitrogens is 2. The van der Waals surface area contributed by atoms with E-state index in [0.717, 1.165) is 17.0 Å². The van der Waals surface area contributed by atoms with Gasteiger partial charge in [0, 0.05) is 40.5 Å². The fraction of sp³-hybridized carbons (Fsp3) is 0.353. The first-order valence-electron chi connectivity index (χ1n) is 7.44. The van der Waals surface area contributed by atoms with Gasteiger partial charge in [-0.1, -0.05) is 6.07 Å². The van der Waals surface area contributed by atoms with Gasteiger partial charge in [0.15, 0.2) is 5.78 Å². The van der Waals surface area contributed by atoms with Crippen LogP contribution >= 0.6 is 0 Å². The molecule has 23 heavy (non-hydrogen) atoms. The molecule has 5 nitrogen and oxygen atoms in total. The van der Waals surface area contributed by atoms with E-state index in [1.807, 2.05) is 26.0 Å². The maximum Gasteiger partial charge on any atom is 0.187 e. The Morgan fingerprint density at radius 2 is 2.09 bits per heavy atom. The minimum absolute atomic E-state index is 0.0284. The van der Waals surface area contributed by atoms with E-state index in [1.54, 1.807) is 18.3 Å². The Morgan fingerprint density at radius 3 is 2.74 bits per heavy atom. The Labute approximate surface area is 137 Å². The standard InChI is InChI=1S/C17H18N2O3S/c1-11-3-4-13(18-8-11)6-17(20)16-7-14(5-12(2)19-16)22-15-9-23(21)10-15/h3-5,7-8,15H,6,9-10H2,1-2H3. The number of hydrogen-bond acceptors (Lipinski definition) is 5. The molecular weight excluding hydrogens is 312 g/mol. The summed E-state index contributed by atoms with van der Waals surface area (Å²) in [7, 11) is -0.760. The molecule has 0 radical (unpaired) electrons. The molecule has 3 rings (SSSR count). The molecule has 0 aliphatic carbocycles. The second-order valence-electron chi connectivity index (χ2n) is 5.77. The highest BCUT2D eigenvalue weighted by Crippen LogP contribution is 2.20. The number of ketones is 1. The smallest absolute Gasteiger partial charge is 0.187 e. The van der Waals surface area contributed by atoms with Crippen LogP contribution in [0.5, 0.6) is 5.75 Å². The van der Waals surface area contributed by atoms with Gasteiger partial charge in [0.05, 0.1) is 17.9 Å². The molecule has 0 aromatic carbocycles. The molecule has 2 aromatic heterocycles. The van der Waals surface area contributed by atoms with Crippen molar-refractivity contribution in [3.63, 3.8) is 0 Å². The summed E-state index contributed by atoms with van der Waals surface area (Å²) in [6.07, 6.45) is 1.93. The van der Waals surface area contributed by atoms with Crippen LogP contribution < -0.4 is 4.74 Å². The summed E-state index contributed by atoms with van der Waals surface area (Å²) in [5.41, 5.74) is 2.88. The summed E-state index contributed by atoms with van der Waals surface area (Å²) in [6, 6.07) is 7.24. The van der Waals surface area contributed by atoms with Crippen LogP contribution in [0.2, 0.25) is 0 Å². The van der Waals surface area contributed by atoms with E-state index in [2.05, 4.69) is 9.97 Å². The van der Waals surface area contributed by atoms with Crippen LogP contribution in [0.25, 0.3) is 0 Å². The molecule has 1 fully saturated rings. The average molecular weight is 330 g/mol. The highest BCUT2D eigenvalue weighted by atomic mass is 32.2. The van der Waals surface area contributed by atoms with Crippen LogP contribution in [-0.2, 0) is 17.2 Å². The highest BCUT2D eigenvalue weighted by Gasteiger charge is 2.27. The van der Waals surface area contributed by atoms with Crippen molar-refractivity contribution < 1.29 is 13.7 Å². The monoisotopic (exact) mass is 330 g/mol. The third-order valence-corrected chi connectivity index (χ3v) is 5.06. The van der Waals surface area contributed by atoms with Crippen LogP contribution in [0.1, 0.15) is 27.4 Å². The van der Waals surface area contributed by atoms with Gasteiger partial charge in [-0.15, -0.1) is 0 Å². The molecule has 0 saturated carbocycles. The van der Waals surface area contributed by atoms with Gasteiger partial charge >= 0.3 is 0 Å². The van der Waals surface area contributed by atoms with E-state index in [9.17, 15) is 9.00 Å². The van der Waals surface area contributed by atoms with Crippen LogP contribution in [0.3, 0.4) is 0 Å². The number of hydrogen-bond donors (Lipinski definition) is 0. The number of rotatable bonds is 5. The lowest BCUT2D eigenvalue weighted by atomic mass is 10.1. The highest BCUT2D eigenvalue weighted by molar-refractivity contribution is 7.86. The molecule has 1 aliphatic heterocycles. The van der Waals surface area contributed by atoms with E-state index in [1.165, 1.54) is 0 Å². The number of nitrogens with zero attached hydrogens (tertiary/aromatic N) is 2. The third kappa shape index (κ3) is 4.01.